The van der Waals surface area contributed by atoms with Gasteiger partial charge in [0.15, 0.2) is 0 Å². The third-order valence-electron chi connectivity index (χ3n) is 3.20. The molecule has 1 aromatic heterocycles. The van der Waals surface area contributed by atoms with Gasteiger partial charge < -0.3 is 10.2 Å². The third kappa shape index (κ3) is 4.73. The van der Waals surface area contributed by atoms with E-state index >= 15 is 0 Å². The normalized spacial score (nSPS) is 12.1. The molecule has 1 aromatic rings. The van der Waals surface area contributed by atoms with Crippen LogP contribution in [0.2, 0.25) is 0 Å². The highest BCUT2D eigenvalue weighted by Gasteiger charge is 2.17. The van der Waals surface area contributed by atoms with Gasteiger partial charge in [0, 0.05) is 32.0 Å². The van der Waals surface area contributed by atoms with Gasteiger partial charge in [-0.2, -0.15) is 0 Å². The molecule has 20 heavy (non-hydrogen) atoms. The number of nitrogens with one attached hydrogen (secondary N) is 2. The zero-order chi connectivity index (χ0) is 15.2. The lowest BCUT2D eigenvalue weighted by molar-refractivity contribution is 0.271. The second kappa shape index (κ2) is 7.56. The maximum absolute atomic E-state index is 12.2. The fourth-order valence-electron chi connectivity index (χ4n) is 1.67. The van der Waals surface area contributed by atoms with Gasteiger partial charge in [0.1, 0.15) is 4.90 Å². The number of sulfonamides is 1. The van der Waals surface area contributed by atoms with E-state index in [-0.39, 0.29) is 4.90 Å². The molecule has 0 radical (unpaired) electrons. The maximum atomic E-state index is 12.2. The summed E-state index contributed by atoms with van der Waals surface area (Å²) in [6, 6.07) is 2.10. The van der Waals surface area contributed by atoms with Crippen molar-refractivity contribution >= 4 is 15.7 Å². The van der Waals surface area contributed by atoms with Crippen molar-refractivity contribution in [2.75, 3.05) is 32.5 Å². The highest BCUT2D eigenvalue weighted by atomic mass is 32.2. The summed E-state index contributed by atoms with van der Waals surface area (Å²) in [5, 5.41) is 2.86. The Kier molecular flexibility index (Phi) is 6.38. The molecule has 0 aliphatic carbocycles. The zero-order valence-electron chi connectivity index (χ0n) is 12.5. The number of hydrogen-bond acceptors (Lipinski definition) is 5. The molecule has 0 aliphatic heterocycles. The highest BCUT2D eigenvalue weighted by Crippen LogP contribution is 2.18. The lowest BCUT2D eigenvalue weighted by atomic mass is 10.3. The van der Waals surface area contributed by atoms with E-state index in [9.17, 15) is 8.42 Å². The van der Waals surface area contributed by atoms with Crippen LogP contribution in [0.25, 0.3) is 0 Å². The first-order chi connectivity index (χ1) is 9.38. The van der Waals surface area contributed by atoms with Crippen LogP contribution in [0, 0.1) is 0 Å². The average Bonchev–Trinajstić information content (AvgIpc) is 2.43. The lowest BCUT2D eigenvalue weighted by Crippen LogP contribution is -2.31. The van der Waals surface area contributed by atoms with Crippen molar-refractivity contribution in [1.29, 1.82) is 0 Å². The zero-order valence-corrected chi connectivity index (χ0v) is 13.4. The quantitative estimate of drug-likeness (QED) is 0.704. The third-order valence-corrected chi connectivity index (χ3v) is 4.69. The van der Waals surface area contributed by atoms with Crippen LogP contribution in [0.15, 0.2) is 23.4 Å². The van der Waals surface area contributed by atoms with Crippen LogP contribution in [-0.4, -0.2) is 51.5 Å². The predicted octanol–water partition coefficient (Wildman–Crippen LogP) is 1.13. The van der Waals surface area contributed by atoms with Gasteiger partial charge in [0.2, 0.25) is 10.0 Å². The fraction of sp³-hybridized carbons (Fsp3) is 0.615. The molecule has 0 bridgehead atoms. The summed E-state index contributed by atoms with van der Waals surface area (Å²) < 4.78 is 27.0. The molecular weight excluding hydrogens is 276 g/mol. The van der Waals surface area contributed by atoms with Crippen LogP contribution in [0.4, 0.5) is 5.69 Å². The topological polar surface area (TPSA) is 74.3 Å². The average molecular weight is 300 g/mol. The van der Waals surface area contributed by atoms with Crippen LogP contribution < -0.4 is 10.0 Å². The van der Waals surface area contributed by atoms with Crippen molar-refractivity contribution in [3.8, 4) is 0 Å². The molecule has 0 aromatic carbocycles. The van der Waals surface area contributed by atoms with E-state index in [1.165, 1.54) is 6.20 Å². The van der Waals surface area contributed by atoms with Gasteiger partial charge in [-0.1, -0.05) is 0 Å². The Morgan fingerprint density at radius 2 is 2.10 bits per heavy atom. The molecule has 0 unspecified atom stereocenters. The van der Waals surface area contributed by atoms with Crippen LogP contribution in [0.5, 0.6) is 0 Å². The molecule has 0 atom stereocenters. The molecule has 1 heterocycles. The minimum Gasteiger partial charge on any atom is -0.387 e. The molecule has 7 heteroatoms. The number of hydrogen-bond donors (Lipinski definition) is 2. The molecule has 0 amide bonds. The Morgan fingerprint density at radius 1 is 1.40 bits per heavy atom. The molecule has 0 spiro atoms. The van der Waals surface area contributed by atoms with Crippen molar-refractivity contribution in [3.05, 3.63) is 18.5 Å². The van der Waals surface area contributed by atoms with Crippen molar-refractivity contribution in [2.45, 2.75) is 31.2 Å². The lowest BCUT2D eigenvalue weighted by Gasteiger charge is -2.20. The second-order valence-corrected chi connectivity index (χ2v) is 6.68. The minimum atomic E-state index is -3.51. The van der Waals surface area contributed by atoms with E-state index in [1.54, 1.807) is 19.3 Å². The Balaban J connectivity index is 2.58. The first-order valence-electron chi connectivity index (χ1n) is 6.70. The van der Waals surface area contributed by atoms with E-state index in [4.69, 9.17) is 0 Å². The van der Waals surface area contributed by atoms with Gasteiger partial charge in [-0.15, -0.1) is 0 Å². The van der Waals surface area contributed by atoms with Crippen LogP contribution in [0.1, 0.15) is 20.3 Å². The molecule has 1 rings (SSSR count). The summed E-state index contributed by atoms with van der Waals surface area (Å²) in [5.74, 6) is 0. The molecule has 0 saturated carbocycles. The molecule has 6 nitrogen and oxygen atoms in total. The van der Waals surface area contributed by atoms with Crippen LogP contribution >= 0.6 is 0 Å². The molecule has 0 saturated heterocycles. The number of aromatic nitrogens is 1. The molecular formula is C13H24N4O2S. The number of rotatable bonds is 8. The summed E-state index contributed by atoms with van der Waals surface area (Å²) in [6.45, 7) is 5.49. The van der Waals surface area contributed by atoms with Crippen molar-refractivity contribution in [2.24, 2.45) is 0 Å². The second-order valence-electron chi connectivity index (χ2n) is 4.95. The van der Waals surface area contributed by atoms with Gasteiger partial charge in [-0.3, -0.25) is 4.98 Å². The maximum Gasteiger partial charge on any atom is 0.244 e. The Hall–Kier alpha value is -1.18. The first-order valence-corrected chi connectivity index (χ1v) is 8.18. The number of anilines is 1. The van der Waals surface area contributed by atoms with E-state index in [2.05, 4.69) is 33.8 Å². The van der Waals surface area contributed by atoms with Crippen molar-refractivity contribution in [1.82, 2.24) is 14.6 Å². The number of pyridine rings is 1. The standard InChI is InChI=1S/C13H24N4O2S/c1-11(2)17(4)9-5-7-16-20(18,19)13-10-15-8-6-12(13)14-3/h6,8,10-11,16H,5,7,9H2,1-4H3,(H,14,15). The Morgan fingerprint density at radius 3 is 2.70 bits per heavy atom. The number of nitrogens with zero attached hydrogens (tertiary/aromatic N) is 2. The van der Waals surface area contributed by atoms with Gasteiger partial charge in [0.05, 0.1) is 5.69 Å². The molecule has 2 N–H and O–H groups in total. The summed E-state index contributed by atoms with van der Waals surface area (Å²) in [7, 11) is 0.199. The minimum absolute atomic E-state index is 0.180. The first kappa shape index (κ1) is 16.9. The monoisotopic (exact) mass is 300 g/mol. The largest absolute Gasteiger partial charge is 0.387 e. The van der Waals surface area contributed by atoms with E-state index in [1.807, 2.05) is 7.05 Å². The van der Waals surface area contributed by atoms with Gasteiger partial charge in [0.25, 0.3) is 0 Å². The molecule has 0 fully saturated rings. The summed E-state index contributed by atoms with van der Waals surface area (Å²) in [5.41, 5.74) is 0.548. The highest BCUT2D eigenvalue weighted by molar-refractivity contribution is 7.89. The summed E-state index contributed by atoms with van der Waals surface area (Å²) in [4.78, 5) is 6.23. The SMILES string of the molecule is CNc1ccncc1S(=O)(=O)NCCCN(C)C(C)C. The molecule has 0 aliphatic rings. The van der Waals surface area contributed by atoms with Crippen LogP contribution in [-0.2, 0) is 10.0 Å². The summed E-state index contributed by atoms with van der Waals surface area (Å²) in [6.07, 6.45) is 3.68. The van der Waals surface area contributed by atoms with Crippen molar-refractivity contribution in [3.63, 3.8) is 0 Å². The van der Waals surface area contributed by atoms with E-state index in [0.29, 0.717) is 18.3 Å². The molecule has 114 valence electrons. The fourth-order valence-corrected chi connectivity index (χ4v) is 2.90. The van der Waals surface area contributed by atoms with E-state index < -0.39 is 10.0 Å². The van der Waals surface area contributed by atoms with Gasteiger partial charge >= 0.3 is 0 Å². The predicted molar refractivity (Wildman–Crippen MR) is 81.4 cm³/mol. The van der Waals surface area contributed by atoms with Crippen molar-refractivity contribution < 1.29 is 8.42 Å². The Labute approximate surface area is 121 Å². The van der Waals surface area contributed by atoms with Gasteiger partial charge in [-0.25, -0.2) is 13.1 Å². The summed E-state index contributed by atoms with van der Waals surface area (Å²) >= 11 is 0. The smallest absolute Gasteiger partial charge is 0.244 e. The van der Waals surface area contributed by atoms with Crippen LogP contribution in [0.3, 0.4) is 0 Å². The van der Waals surface area contributed by atoms with E-state index in [0.717, 1.165) is 13.0 Å². The Bertz CT molecular complexity index is 517. The van der Waals surface area contributed by atoms with Gasteiger partial charge in [-0.05, 0) is 39.9 Å².